The van der Waals surface area contributed by atoms with Gasteiger partial charge >= 0.3 is 0 Å². The summed E-state index contributed by atoms with van der Waals surface area (Å²) in [6.07, 6.45) is 1.76. The molecule has 6 heteroatoms. The smallest absolute Gasteiger partial charge is 0.229 e. The van der Waals surface area contributed by atoms with Crippen molar-refractivity contribution in [3.8, 4) is 0 Å². The van der Waals surface area contributed by atoms with Crippen LogP contribution in [0, 0.1) is 6.92 Å². The van der Waals surface area contributed by atoms with Gasteiger partial charge in [-0.2, -0.15) is 4.98 Å². The number of para-hydroxylation sites is 3. The van der Waals surface area contributed by atoms with Crippen LogP contribution in [0.15, 0.2) is 60.8 Å². The molecule has 2 heterocycles. The number of aryl methyl sites for hydroxylation is 1. The highest BCUT2D eigenvalue weighted by Crippen LogP contribution is 2.28. The highest BCUT2D eigenvalue weighted by atomic mass is 16.5. The molecule has 0 atom stereocenters. The lowest BCUT2D eigenvalue weighted by atomic mass is 10.2. The predicted molar refractivity (Wildman–Crippen MR) is 109 cm³/mol. The number of nitrogens with one attached hydrogen (secondary N) is 2. The summed E-state index contributed by atoms with van der Waals surface area (Å²) in [5.74, 6) is 1.32. The molecule has 0 saturated carbocycles. The number of hydrogen-bond donors (Lipinski definition) is 2. The Labute approximate surface area is 159 Å². The molecule has 1 fully saturated rings. The normalized spacial score (nSPS) is 14.0. The molecule has 0 aliphatic carbocycles. The Kier molecular flexibility index (Phi) is 5.16. The van der Waals surface area contributed by atoms with Gasteiger partial charge in [-0.15, -0.1) is 0 Å². The first-order valence-electron chi connectivity index (χ1n) is 9.14. The van der Waals surface area contributed by atoms with Crippen LogP contribution < -0.4 is 15.5 Å². The lowest BCUT2D eigenvalue weighted by molar-refractivity contribution is 0.123. The molecular weight excluding hydrogens is 338 g/mol. The molecule has 0 amide bonds. The Morgan fingerprint density at radius 3 is 2.44 bits per heavy atom. The van der Waals surface area contributed by atoms with Crippen molar-refractivity contribution in [1.29, 1.82) is 0 Å². The van der Waals surface area contributed by atoms with E-state index in [9.17, 15) is 0 Å². The summed E-state index contributed by atoms with van der Waals surface area (Å²) in [6, 6.07) is 18.2. The van der Waals surface area contributed by atoms with Gasteiger partial charge in [0.1, 0.15) is 5.82 Å². The molecule has 3 aromatic rings. The zero-order chi connectivity index (χ0) is 18.5. The summed E-state index contributed by atoms with van der Waals surface area (Å²) >= 11 is 0. The molecule has 4 rings (SSSR count). The quantitative estimate of drug-likeness (QED) is 0.713. The average molecular weight is 361 g/mol. The maximum atomic E-state index is 5.47. The topological polar surface area (TPSA) is 62.3 Å². The van der Waals surface area contributed by atoms with Crippen molar-refractivity contribution in [2.75, 3.05) is 41.8 Å². The number of hydrogen-bond acceptors (Lipinski definition) is 6. The van der Waals surface area contributed by atoms with Crippen LogP contribution in [0.5, 0.6) is 0 Å². The maximum absolute atomic E-state index is 5.47. The van der Waals surface area contributed by atoms with Crippen LogP contribution in [0.4, 0.5) is 28.8 Å². The Morgan fingerprint density at radius 2 is 1.63 bits per heavy atom. The molecule has 1 saturated heterocycles. The van der Waals surface area contributed by atoms with Crippen LogP contribution in [0.1, 0.15) is 5.56 Å². The van der Waals surface area contributed by atoms with E-state index in [0.29, 0.717) is 5.95 Å². The second-order valence-corrected chi connectivity index (χ2v) is 6.45. The molecule has 27 heavy (non-hydrogen) atoms. The van der Waals surface area contributed by atoms with Crippen molar-refractivity contribution in [2.45, 2.75) is 6.92 Å². The number of nitrogens with zero attached hydrogens (tertiary/aromatic N) is 3. The first kappa shape index (κ1) is 17.3. The fraction of sp³-hybridized carbons (Fsp3) is 0.238. The van der Waals surface area contributed by atoms with Gasteiger partial charge in [0.2, 0.25) is 5.95 Å². The van der Waals surface area contributed by atoms with Gasteiger partial charge in [-0.25, -0.2) is 4.98 Å². The van der Waals surface area contributed by atoms with Gasteiger partial charge in [0.05, 0.1) is 24.6 Å². The number of benzene rings is 2. The molecule has 6 nitrogen and oxygen atoms in total. The summed E-state index contributed by atoms with van der Waals surface area (Å²) in [6.45, 7) is 5.34. The predicted octanol–water partition coefficient (Wildman–Crippen LogP) is 4.11. The molecule has 2 aromatic carbocycles. The van der Waals surface area contributed by atoms with E-state index in [0.717, 1.165) is 49.2 Å². The maximum Gasteiger partial charge on any atom is 0.229 e. The van der Waals surface area contributed by atoms with E-state index in [1.807, 2.05) is 36.4 Å². The summed E-state index contributed by atoms with van der Waals surface area (Å²) in [5.41, 5.74) is 4.34. The van der Waals surface area contributed by atoms with Crippen LogP contribution in [-0.2, 0) is 4.74 Å². The van der Waals surface area contributed by atoms with Crippen LogP contribution in [0.2, 0.25) is 0 Å². The number of morpholine rings is 1. The van der Waals surface area contributed by atoms with Crippen molar-refractivity contribution in [2.24, 2.45) is 0 Å². The minimum Gasteiger partial charge on any atom is -0.378 e. The van der Waals surface area contributed by atoms with E-state index in [-0.39, 0.29) is 0 Å². The van der Waals surface area contributed by atoms with Crippen molar-refractivity contribution in [1.82, 2.24) is 9.97 Å². The molecule has 1 aliphatic rings. The SMILES string of the molecule is Cc1ccccc1Nc1ccnc(Nc2ccccc2N2CCOCC2)n1. The standard InChI is InChI=1S/C21H23N5O/c1-16-6-2-3-7-17(16)23-20-10-11-22-21(25-20)24-18-8-4-5-9-19(18)26-12-14-27-15-13-26/h2-11H,12-15H2,1H3,(H2,22,23,24,25). The Bertz CT molecular complexity index is 908. The molecular formula is C21H23N5O. The van der Waals surface area contributed by atoms with Crippen LogP contribution in [-0.4, -0.2) is 36.3 Å². The van der Waals surface area contributed by atoms with Crippen LogP contribution in [0.25, 0.3) is 0 Å². The largest absolute Gasteiger partial charge is 0.378 e. The number of anilines is 5. The van der Waals surface area contributed by atoms with Crippen LogP contribution in [0.3, 0.4) is 0 Å². The molecule has 0 unspecified atom stereocenters. The lowest BCUT2D eigenvalue weighted by Crippen LogP contribution is -2.36. The molecule has 0 spiro atoms. The summed E-state index contributed by atoms with van der Waals surface area (Å²) in [5, 5.41) is 6.72. The number of rotatable bonds is 5. The molecule has 1 aromatic heterocycles. The average Bonchev–Trinajstić information content (AvgIpc) is 2.71. The fourth-order valence-corrected chi connectivity index (χ4v) is 3.12. The van der Waals surface area contributed by atoms with Gasteiger partial charge in [-0.3, -0.25) is 0 Å². The van der Waals surface area contributed by atoms with E-state index < -0.39 is 0 Å². The van der Waals surface area contributed by atoms with E-state index >= 15 is 0 Å². The van der Waals surface area contributed by atoms with E-state index in [2.05, 4.69) is 50.6 Å². The van der Waals surface area contributed by atoms with Crippen molar-refractivity contribution in [3.63, 3.8) is 0 Å². The highest BCUT2D eigenvalue weighted by molar-refractivity contribution is 5.74. The molecule has 0 bridgehead atoms. The molecule has 1 aliphatic heterocycles. The van der Waals surface area contributed by atoms with Crippen molar-refractivity contribution in [3.05, 3.63) is 66.4 Å². The highest BCUT2D eigenvalue weighted by Gasteiger charge is 2.15. The zero-order valence-electron chi connectivity index (χ0n) is 15.4. The van der Waals surface area contributed by atoms with Gasteiger partial charge in [-0.05, 0) is 36.8 Å². The Balaban J connectivity index is 1.54. The van der Waals surface area contributed by atoms with E-state index in [1.54, 1.807) is 6.20 Å². The van der Waals surface area contributed by atoms with Crippen LogP contribution >= 0.6 is 0 Å². The first-order chi connectivity index (χ1) is 13.3. The molecule has 138 valence electrons. The summed E-state index contributed by atoms with van der Waals surface area (Å²) < 4.78 is 5.47. The number of aromatic nitrogens is 2. The number of ether oxygens (including phenoxy) is 1. The Morgan fingerprint density at radius 1 is 0.889 bits per heavy atom. The van der Waals surface area contributed by atoms with Crippen molar-refractivity contribution < 1.29 is 4.74 Å². The van der Waals surface area contributed by atoms with Gasteiger partial charge in [-0.1, -0.05) is 30.3 Å². The monoisotopic (exact) mass is 361 g/mol. The third-order valence-corrected chi connectivity index (χ3v) is 4.57. The second kappa shape index (κ2) is 8.05. The van der Waals surface area contributed by atoms with Gasteiger partial charge in [0, 0.05) is 25.0 Å². The fourth-order valence-electron chi connectivity index (χ4n) is 3.12. The molecule has 0 radical (unpaired) electrons. The third kappa shape index (κ3) is 4.17. The first-order valence-corrected chi connectivity index (χ1v) is 9.14. The van der Waals surface area contributed by atoms with Gasteiger partial charge in [0.25, 0.3) is 0 Å². The van der Waals surface area contributed by atoms with E-state index in [4.69, 9.17) is 4.74 Å². The second-order valence-electron chi connectivity index (χ2n) is 6.45. The van der Waals surface area contributed by atoms with Gasteiger partial charge < -0.3 is 20.3 Å². The Hall–Kier alpha value is -3.12. The minimum atomic E-state index is 0.564. The molecule has 2 N–H and O–H groups in total. The van der Waals surface area contributed by atoms with Gasteiger partial charge in [0.15, 0.2) is 0 Å². The van der Waals surface area contributed by atoms with E-state index in [1.165, 1.54) is 5.56 Å². The summed E-state index contributed by atoms with van der Waals surface area (Å²) in [4.78, 5) is 11.3. The lowest BCUT2D eigenvalue weighted by Gasteiger charge is -2.30. The summed E-state index contributed by atoms with van der Waals surface area (Å²) in [7, 11) is 0. The third-order valence-electron chi connectivity index (χ3n) is 4.57. The minimum absolute atomic E-state index is 0.564. The zero-order valence-corrected chi connectivity index (χ0v) is 15.4. The van der Waals surface area contributed by atoms with Crippen molar-refractivity contribution >= 4 is 28.8 Å².